The van der Waals surface area contributed by atoms with E-state index in [1.54, 1.807) is 13.8 Å². The van der Waals surface area contributed by atoms with Crippen LogP contribution in [0.5, 0.6) is 0 Å². The molecule has 5 heteroatoms. The molecule has 0 radical (unpaired) electrons. The third-order valence-corrected chi connectivity index (χ3v) is 3.04. The molecule has 0 aliphatic rings. The number of aliphatic carboxylic acids is 1. The summed E-state index contributed by atoms with van der Waals surface area (Å²) in [5.74, 6) is -1.36. The summed E-state index contributed by atoms with van der Waals surface area (Å²) in [6.07, 6.45) is 0.244. The van der Waals surface area contributed by atoms with Gasteiger partial charge in [0.25, 0.3) is 0 Å². The van der Waals surface area contributed by atoms with E-state index >= 15 is 0 Å². The topological polar surface area (TPSA) is 66.4 Å². The molecule has 0 aromatic carbocycles. The number of hydrogen-bond donors (Lipinski definition) is 2. The van der Waals surface area contributed by atoms with Crippen molar-refractivity contribution >= 4 is 23.2 Å². The van der Waals surface area contributed by atoms with Gasteiger partial charge in [0.2, 0.25) is 5.91 Å². The van der Waals surface area contributed by atoms with Gasteiger partial charge in [-0.05, 0) is 17.4 Å². The van der Waals surface area contributed by atoms with E-state index < -0.39 is 12.0 Å². The van der Waals surface area contributed by atoms with Crippen molar-refractivity contribution in [2.75, 3.05) is 0 Å². The molecule has 1 heterocycles. The van der Waals surface area contributed by atoms with Crippen LogP contribution in [0, 0.1) is 5.92 Å². The van der Waals surface area contributed by atoms with Gasteiger partial charge in [0.15, 0.2) is 0 Å². The second-order valence-corrected chi connectivity index (χ2v) is 4.92. The van der Waals surface area contributed by atoms with E-state index in [-0.39, 0.29) is 18.2 Å². The van der Waals surface area contributed by atoms with Crippen molar-refractivity contribution in [2.24, 2.45) is 5.92 Å². The van der Waals surface area contributed by atoms with Gasteiger partial charge in [-0.3, -0.25) is 4.79 Å². The van der Waals surface area contributed by atoms with E-state index in [9.17, 15) is 9.59 Å². The summed E-state index contributed by atoms with van der Waals surface area (Å²) in [7, 11) is 0. The number of thiophene rings is 1. The Morgan fingerprint density at radius 2 is 2.19 bits per heavy atom. The second kappa shape index (κ2) is 5.65. The summed E-state index contributed by atoms with van der Waals surface area (Å²) in [6, 6.07) is 2.91. The van der Waals surface area contributed by atoms with E-state index in [0.717, 1.165) is 4.88 Å². The molecule has 0 bridgehead atoms. The fourth-order valence-corrected chi connectivity index (χ4v) is 2.01. The lowest BCUT2D eigenvalue weighted by Gasteiger charge is -2.17. The summed E-state index contributed by atoms with van der Waals surface area (Å²) in [5, 5.41) is 13.3. The molecule has 0 spiro atoms. The maximum absolute atomic E-state index is 11.6. The Hall–Kier alpha value is -1.36. The predicted octanol–water partition coefficient (Wildman–Crippen LogP) is 1.52. The van der Waals surface area contributed by atoms with E-state index in [0.29, 0.717) is 0 Å². The molecule has 88 valence electrons. The molecule has 16 heavy (non-hydrogen) atoms. The average molecular weight is 241 g/mol. The van der Waals surface area contributed by atoms with Crippen LogP contribution in [0.4, 0.5) is 0 Å². The fourth-order valence-electron chi connectivity index (χ4n) is 1.31. The molecule has 1 amide bonds. The highest BCUT2D eigenvalue weighted by Gasteiger charge is 2.23. The summed E-state index contributed by atoms with van der Waals surface area (Å²) in [6.45, 7) is 3.54. The molecular formula is C11H15NO3S. The average Bonchev–Trinajstić information content (AvgIpc) is 2.65. The normalized spacial score (nSPS) is 12.4. The number of nitrogens with one attached hydrogen (secondary N) is 1. The first kappa shape index (κ1) is 12.7. The zero-order valence-corrected chi connectivity index (χ0v) is 10.1. The van der Waals surface area contributed by atoms with Crippen LogP contribution in [-0.4, -0.2) is 23.0 Å². The van der Waals surface area contributed by atoms with Crippen molar-refractivity contribution in [3.63, 3.8) is 0 Å². The minimum Gasteiger partial charge on any atom is -0.480 e. The highest BCUT2D eigenvalue weighted by atomic mass is 32.1. The van der Waals surface area contributed by atoms with Crippen LogP contribution in [0.25, 0.3) is 0 Å². The Bertz CT molecular complexity index is 359. The molecular weight excluding hydrogens is 226 g/mol. The smallest absolute Gasteiger partial charge is 0.326 e. The maximum Gasteiger partial charge on any atom is 0.326 e. The third kappa shape index (κ3) is 3.66. The van der Waals surface area contributed by atoms with Crippen LogP contribution >= 0.6 is 11.3 Å². The number of carbonyl (C=O) groups is 2. The number of hydrogen-bond acceptors (Lipinski definition) is 3. The molecule has 1 rings (SSSR count). The predicted molar refractivity (Wildman–Crippen MR) is 62.4 cm³/mol. The molecule has 0 saturated carbocycles. The van der Waals surface area contributed by atoms with Crippen molar-refractivity contribution in [2.45, 2.75) is 26.3 Å². The molecule has 1 aromatic rings. The van der Waals surface area contributed by atoms with Crippen LogP contribution in [0.3, 0.4) is 0 Å². The summed E-state index contributed by atoms with van der Waals surface area (Å²) >= 11 is 1.49. The monoisotopic (exact) mass is 241 g/mol. The lowest BCUT2D eigenvalue weighted by atomic mass is 10.0. The zero-order chi connectivity index (χ0) is 12.1. The first-order chi connectivity index (χ1) is 7.50. The highest BCUT2D eigenvalue weighted by Crippen LogP contribution is 2.09. The van der Waals surface area contributed by atoms with Crippen molar-refractivity contribution in [1.29, 1.82) is 0 Å². The van der Waals surface area contributed by atoms with Gasteiger partial charge in [-0.15, -0.1) is 11.3 Å². The zero-order valence-electron chi connectivity index (χ0n) is 9.27. The van der Waals surface area contributed by atoms with E-state index in [1.165, 1.54) is 11.3 Å². The van der Waals surface area contributed by atoms with Crippen molar-refractivity contribution in [3.05, 3.63) is 22.4 Å². The quantitative estimate of drug-likeness (QED) is 0.821. The van der Waals surface area contributed by atoms with Gasteiger partial charge in [0, 0.05) is 4.88 Å². The Kier molecular flexibility index (Phi) is 4.49. The van der Waals surface area contributed by atoms with Gasteiger partial charge in [0.1, 0.15) is 6.04 Å². The molecule has 0 saturated heterocycles. The maximum atomic E-state index is 11.6. The minimum absolute atomic E-state index is 0.121. The molecule has 1 atom stereocenters. The van der Waals surface area contributed by atoms with Gasteiger partial charge in [-0.25, -0.2) is 4.79 Å². The van der Waals surface area contributed by atoms with Gasteiger partial charge in [-0.2, -0.15) is 0 Å². The Balaban J connectivity index is 2.52. The van der Waals surface area contributed by atoms with E-state index in [2.05, 4.69) is 5.32 Å². The van der Waals surface area contributed by atoms with Crippen LogP contribution in [0.15, 0.2) is 17.5 Å². The van der Waals surface area contributed by atoms with Gasteiger partial charge >= 0.3 is 5.97 Å². The number of carbonyl (C=O) groups excluding carboxylic acids is 1. The molecule has 0 aliphatic heterocycles. The van der Waals surface area contributed by atoms with E-state index in [1.807, 2.05) is 17.5 Å². The van der Waals surface area contributed by atoms with Gasteiger partial charge < -0.3 is 10.4 Å². The fraction of sp³-hybridized carbons (Fsp3) is 0.455. The summed E-state index contributed by atoms with van der Waals surface area (Å²) < 4.78 is 0. The number of carboxylic acid groups (broad SMARTS) is 1. The number of carboxylic acids is 1. The number of amides is 1. The lowest BCUT2D eigenvalue weighted by Crippen LogP contribution is -2.44. The minimum atomic E-state index is -0.991. The SMILES string of the molecule is CC(C)C(NC(=O)Cc1cccs1)C(=O)O. The largest absolute Gasteiger partial charge is 0.480 e. The van der Waals surface area contributed by atoms with Crippen molar-refractivity contribution in [3.8, 4) is 0 Å². The number of rotatable bonds is 5. The molecule has 4 nitrogen and oxygen atoms in total. The molecule has 0 aliphatic carbocycles. The first-order valence-electron chi connectivity index (χ1n) is 5.05. The van der Waals surface area contributed by atoms with E-state index in [4.69, 9.17) is 5.11 Å². The Morgan fingerprint density at radius 3 is 2.62 bits per heavy atom. The van der Waals surface area contributed by atoms with Crippen LogP contribution in [-0.2, 0) is 16.0 Å². The van der Waals surface area contributed by atoms with Gasteiger partial charge in [-0.1, -0.05) is 19.9 Å². The third-order valence-electron chi connectivity index (χ3n) is 2.16. The van der Waals surface area contributed by atoms with Crippen molar-refractivity contribution in [1.82, 2.24) is 5.32 Å². The molecule has 1 unspecified atom stereocenters. The Labute approximate surface area is 98.3 Å². The highest BCUT2D eigenvalue weighted by molar-refractivity contribution is 7.10. The molecule has 2 N–H and O–H groups in total. The van der Waals surface area contributed by atoms with Gasteiger partial charge in [0.05, 0.1) is 6.42 Å². The Morgan fingerprint density at radius 1 is 1.50 bits per heavy atom. The van der Waals surface area contributed by atoms with Crippen LogP contribution in [0.1, 0.15) is 18.7 Å². The van der Waals surface area contributed by atoms with Crippen LogP contribution in [0.2, 0.25) is 0 Å². The summed E-state index contributed by atoms with van der Waals surface area (Å²) in [4.78, 5) is 23.4. The first-order valence-corrected chi connectivity index (χ1v) is 5.93. The molecule has 0 fully saturated rings. The second-order valence-electron chi connectivity index (χ2n) is 3.88. The van der Waals surface area contributed by atoms with Crippen molar-refractivity contribution < 1.29 is 14.7 Å². The molecule has 1 aromatic heterocycles. The standard InChI is InChI=1S/C11H15NO3S/c1-7(2)10(11(14)15)12-9(13)6-8-4-3-5-16-8/h3-5,7,10H,6H2,1-2H3,(H,12,13)(H,14,15). The summed E-state index contributed by atoms with van der Waals surface area (Å²) in [5.41, 5.74) is 0. The van der Waals surface area contributed by atoms with Crippen LogP contribution < -0.4 is 5.32 Å². The lowest BCUT2D eigenvalue weighted by molar-refractivity contribution is -0.143.